The molecule has 0 spiro atoms. The van der Waals surface area contributed by atoms with E-state index in [9.17, 15) is 18.8 Å². The molecule has 2 aromatic carbocycles. The minimum atomic E-state index is -2.77. The first-order valence-electron chi connectivity index (χ1n) is 9.52. The summed E-state index contributed by atoms with van der Waals surface area (Å²) < 4.78 is 35.9. The Morgan fingerprint density at radius 2 is 1.91 bits per heavy atom. The predicted molar refractivity (Wildman–Crippen MR) is 118 cm³/mol. The van der Waals surface area contributed by atoms with Crippen LogP contribution >= 0.6 is 34.8 Å². The fourth-order valence-electron chi connectivity index (χ4n) is 3.43. The summed E-state index contributed by atoms with van der Waals surface area (Å²) in [6, 6.07) is 14.2. The fourth-order valence-corrected chi connectivity index (χ4v) is 3.69. The minimum absolute atomic E-state index is 0.118. The van der Waals surface area contributed by atoms with Gasteiger partial charge in [-0.25, -0.2) is 8.78 Å². The van der Waals surface area contributed by atoms with Crippen LogP contribution in [0.25, 0.3) is 0 Å². The highest BCUT2D eigenvalue weighted by atomic mass is 35.5. The molecule has 0 radical (unpaired) electrons. The van der Waals surface area contributed by atoms with Gasteiger partial charge in [-0.2, -0.15) is 5.26 Å². The lowest BCUT2D eigenvalue weighted by Gasteiger charge is -2.14. The van der Waals surface area contributed by atoms with E-state index in [2.05, 4.69) is 0 Å². The maximum absolute atomic E-state index is 14.2. The molecule has 1 saturated carbocycles. The van der Waals surface area contributed by atoms with Crippen molar-refractivity contribution < 1.29 is 23.0 Å². The summed E-state index contributed by atoms with van der Waals surface area (Å²) in [5, 5.41) is 9.10. The summed E-state index contributed by atoms with van der Waals surface area (Å²) in [5.41, 5.74) is -0.373. The summed E-state index contributed by atoms with van der Waals surface area (Å²) >= 11 is 16.5. The van der Waals surface area contributed by atoms with Crippen molar-refractivity contribution in [2.24, 2.45) is 17.3 Å². The van der Waals surface area contributed by atoms with Crippen LogP contribution in [0.2, 0.25) is 0 Å². The number of carbonyl (C=O) groups is 1. The first-order valence-corrected chi connectivity index (χ1v) is 10.7. The molecular formula is C23H18Cl3F2NO3. The monoisotopic (exact) mass is 499 g/mol. The molecule has 0 bridgehead atoms. The van der Waals surface area contributed by atoms with Crippen molar-refractivity contribution in [2.45, 2.75) is 24.5 Å². The van der Waals surface area contributed by atoms with Gasteiger partial charge in [0, 0.05) is 5.56 Å². The third kappa shape index (κ3) is 5.35. The number of nitriles is 1. The normalized spacial score (nSPS) is 20.8. The number of esters is 1. The van der Waals surface area contributed by atoms with Crippen molar-refractivity contribution in [2.75, 3.05) is 0 Å². The van der Waals surface area contributed by atoms with Gasteiger partial charge in [-0.05, 0) is 35.6 Å². The lowest BCUT2D eigenvalue weighted by Crippen LogP contribution is -2.14. The first kappa shape index (κ1) is 24.3. The van der Waals surface area contributed by atoms with E-state index in [-0.39, 0.29) is 11.3 Å². The average molecular weight is 501 g/mol. The maximum atomic E-state index is 14.2. The van der Waals surface area contributed by atoms with E-state index in [1.807, 2.05) is 6.07 Å². The second-order valence-corrected chi connectivity index (χ2v) is 9.53. The Kier molecular flexibility index (Phi) is 7.04. The highest BCUT2D eigenvalue weighted by molar-refractivity contribution is 6.54. The fraction of sp³-hybridized carbons (Fsp3) is 0.304. The third-order valence-electron chi connectivity index (χ3n) is 5.34. The SMILES string of the molecule is CC1(C)C(C=C(Cl)C(F)(Cl)Cl)C1C(=O)OC(C#N)c1ccc(F)c(Oc2ccccc2)c1. The third-order valence-corrected chi connectivity index (χ3v) is 6.33. The number of nitrogens with zero attached hydrogens (tertiary/aromatic N) is 1. The number of carbonyl (C=O) groups excluding carboxylic acids is 1. The van der Waals surface area contributed by atoms with E-state index >= 15 is 0 Å². The van der Waals surface area contributed by atoms with Crippen LogP contribution in [0.5, 0.6) is 11.5 Å². The number of hydrogen-bond donors (Lipinski definition) is 0. The zero-order valence-electron chi connectivity index (χ0n) is 17.0. The molecule has 0 amide bonds. The number of ether oxygens (including phenoxy) is 2. The molecule has 1 aliphatic rings. The van der Waals surface area contributed by atoms with Gasteiger partial charge in [-0.3, -0.25) is 4.79 Å². The number of alkyl halides is 3. The van der Waals surface area contributed by atoms with Crippen molar-refractivity contribution in [3.05, 3.63) is 71.0 Å². The van der Waals surface area contributed by atoms with E-state index in [0.29, 0.717) is 5.75 Å². The van der Waals surface area contributed by atoms with Crippen molar-refractivity contribution in [1.82, 2.24) is 0 Å². The molecule has 32 heavy (non-hydrogen) atoms. The van der Waals surface area contributed by atoms with Gasteiger partial charge in [0.1, 0.15) is 11.8 Å². The van der Waals surface area contributed by atoms with Crippen molar-refractivity contribution in [3.63, 3.8) is 0 Å². The molecule has 1 fully saturated rings. The summed E-state index contributed by atoms with van der Waals surface area (Å²) in [7, 11) is 0. The molecule has 1 aliphatic carbocycles. The van der Waals surface area contributed by atoms with E-state index in [1.54, 1.807) is 44.2 Å². The molecule has 0 N–H and O–H groups in total. The zero-order valence-corrected chi connectivity index (χ0v) is 19.3. The number of benzene rings is 2. The molecule has 2 aromatic rings. The van der Waals surface area contributed by atoms with Crippen molar-refractivity contribution >= 4 is 40.8 Å². The van der Waals surface area contributed by atoms with Crippen LogP contribution in [-0.2, 0) is 9.53 Å². The molecule has 4 nitrogen and oxygen atoms in total. The van der Waals surface area contributed by atoms with Crippen molar-refractivity contribution in [3.8, 4) is 17.6 Å². The van der Waals surface area contributed by atoms with Gasteiger partial charge in [-0.15, -0.1) is 0 Å². The minimum Gasteiger partial charge on any atom is -0.454 e. The molecule has 0 heterocycles. The molecular weight excluding hydrogens is 483 g/mol. The van der Waals surface area contributed by atoms with Gasteiger partial charge in [0.05, 0.1) is 11.0 Å². The molecule has 3 rings (SSSR count). The Balaban J connectivity index is 1.76. The van der Waals surface area contributed by atoms with Crippen LogP contribution < -0.4 is 4.74 Å². The molecule has 9 heteroatoms. The quantitative estimate of drug-likeness (QED) is 0.297. The number of hydrogen-bond acceptors (Lipinski definition) is 4. The summed E-state index contributed by atoms with van der Waals surface area (Å²) in [6.45, 7) is 3.52. The number of rotatable bonds is 7. The second-order valence-electron chi connectivity index (χ2n) is 7.89. The van der Waals surface area contributed by atoms with Gasteiger partial charge in [0.15, 0.2) is 11.6 Å². The van der Waals surface area contributed by atoms with Gasteiger partial charge in [-0.1, -0.05) is 79.0 Å². The Hall–Kier alpha value is -2.33. The maximum Gasteiger partial charge on any atom is 0.311 e. The number of halogens is 5. The summed E-state index contributed by atoms with van der Waals surface area (Å²) in [5.74, 6) is -2.21. The van der Waals surface area contributed by atoms with E-state index in [1.165, 1.54) is 18.2 Å². The Labute approximate surface area is 199 Å². The molecule has 0 aliphatic heterocycles. The van der Waals surface area contributed by atoms with Crippen LogP contribution in [0.15, 0.2) is 59.6 Å². The molecule has 3 atom stereocenters. The van der Waals surface area contributed by atoms with Crippen LogP contribution in [0.3, 0.4) is 0 Å². The Morgan fingerprint density at radius 3 is 2.50 bits per heavy atom. The Morgan fingerprint density at radius 1 is 1.25 bits per heavy atom. The topological polar surface area (TPSA) is 59.3 Å². The van der Waals surface area contributed by atoms with Crippen LogP contribution in [0.1, 0.15) is 25.5 Å². The number of para-hydroxylation sites is 1. The summed E-state index contributed by atoms with van der Waals surface area (Å²) in [6.07, 6.45) is -0.0301. The highest BCUT2D eigenvalue weighted by Gasteiger charge is 2.62. The summed E-state index contributed by atoms with van der Waals surface area (Å²) in [4.78, 5) is 12.7. The molecule has 3 unspecified atom stereocenters. The largest absolute Gasteiger partial charge is 0.454 e. The van der Waals surface area contributed by atoms with Gasteiger partial charge >= 0.3 is 5.97 Å². The zero-order chi connectivity index (χ0) is 23.7. The smallest absolute Gasteiger partial charge is 0.311 e. The second kappa shape index (κ2) is 9.27. The Bertz CT molecular complexity index is 1080. The standard InChI is InChI=1S/C23H18Cl3F2NO3/c1-22(2)15(11-19(24)23(25,26)28)20(22)21(30)32-18(12-29)13-8-9-16(27)17(10-13)31-14-6-4-3-5-7-14/h3-11,15,18,20H,1-2H3. The van der Waals surface area contributed by atoms with Gasteiger partial charge in [0.25, 0.3) is 4.59 Å². The lowest BCUT2D eigenvalue weighted by atomic mass is 10.1. The predicted octanol–water partition coefficient (Wildman–Crippen LogP) is 7.22. The lowest BCUT2D eigenvalue weighted by molar-refractivity contribution is -0.149. The molecule has 0 aromatic heterocycles. The number of allylic oxidation sites excluding steroid dienone is 2. The highest BCUT2D eigenvalue weighted by Crippen LogP contribution is 2.61. The van der Waals surface area contributed by atoms with Gasteiger partial charge < -0.3 is 9.47 Å². The average Bonchev–Trinajstić information content (AvgIpc) is 3.27. The molecule has 0 saturated heterocycles. The van der Waals surface area contributed by atoms with E-state index in [0.717, 1.165) is 6.07 Å². The van der Waals surface area contributed by atoms with Crippen molar-refractivity contribution in [1.29, 1.82) is 5.26 Å². The van der Waals surface area contributed by atoms with Crippen LogP contribution in [0.4, 0.5) is 8.78 Å². The van der Waals surface area contributed by atoms with E-state index < -0.39 is 44.8 Å². The van der Waals surface area contributed by atoms with Gasteiger partial charge in [0.2, 0.25) is 6.10 Å². The van der Waals surface area contributed by atoms with Crippen LogP contribution in [0, 0.1) is 34.4 Å². The van der Waals surface area contributed by atoms with Crippen LogP contribution in [-0.4, -0.2) is 10.6 Å². The first-order chi connectivity index (χ1) is 14.9. The molecule has 168 valence electrons. The van der Waals surface area contributed by atoms with E-state index in [4.69, 9.17) is 44.3 Å².